The van der Waals surface area contributed by atoms with Crippen molar-refractivity contribution in [3.05, 3.63) is 0 Å². The zero-order chi connectivity index (χ0) is 11.7. The van der Waals surface area contributed by atoms with Gasteiger partial charge in [0.25, 0.3) is 0 Å². The van der Waals surface area contributed by atoms with Crippen LogP contribution in [0.2, 0.25) is 0 Å². The van der Waals surface area contributed by atoms with Crippen molar-refractivity contribution in [2.75, 3.05) is 13.1 Å². The van der Waals surface area contributed by atoms with E-state index in [4.69, 9.17) is 0 Å². The second kappa shape index (κ2) is 9.21. The van der Waals surface area contributed by atoms with E-state index in [0.29, 0.717) is 0 Å². The monoisotopic (exact) mass is 213 g/mol. The first-order chi connectivity index (χ1) is 7.13. The van der Waals surface area contributed by atoms with Crippen molar-refractivity contribution in [1.29, 1.82) is 0 Å². The summed E-state index contributed by atoms with van der Waals surface area (Å²) in [4.78, 5) is 0. The molecule has 0 aliphatic heterocycles. The highest BCUT2D eigenvalue weighted by molar-refractivity contribution is 4.68. The molecule has 0 aromatic rings. The highest BCUT2D eigenvalue weighted by Crippen LogP contribution is 2.23. The lowest BCUT2D eigenvalue weighted by atomic mass is 9.85. The van der Waals surface area contributed by atoms with Crippen LogP contribution < -0.4 is 5.32 Å². The van der Waals surface area contributed by atoms with Crippen LogP contribution in [0, 0.1) is 17.8 Å². The van der Waals surface area contributed by atoms with Crippen LogP contribution in [0.25, 0.3) is 0 Å². The Hall–Kier alpha value is -0.0400. The molecule has 0 aromatic heterocycles. The quantitative estimate of drug-likeness (QED) is 0.608. The summed E-state index contributed by atoms with van der Waals surface area (Å²) in [7, 11) is 0. The Bertz CT molecular complexity index is 127. The fourth-order valence-electron chi connectivity index (χ4n) is 2.37. The van der Waals surface area contributed by atoms with Gasteiger partial charge in [0.1, 0.15) is 0 Å². The van der Waals surface area contributed by atoms with Crippen LogP contribution >= 0.6 is 0 Å². The average molecular weight is 213 g/mol. The molecule has 0 rings (SSSR count). The van der Waals surface area contributed by atoms with Crippen LogP contribution in [0.3, 0.4) is 0 Å². The van der Waals surface area contributed by atoms with E-state index in [9.17, 15) is 0 Å². The number of hydrogen-bond donors (Lipinski definition) is 1. The minimum Gasteiger partial charge on any atom is -0.317 e. The molecule has 0 spiro atoms. The molecule has 1 unspecified atom stereocenters. The molecule has 0 bridgehead atoms. The molecular weight excluding hydrogens is 182 g/mol. The van der Waals surface area contributed by atoms with Gasteiger partial charge in [0.2, 0.25) is 0 Å². The van der Waals surface area contributed by atoms with Gasteiger partial charge in [-0.1, -0.05) is 47.5 Å². The molecule has 0 fully saturated rings. The molecule has 0 saturated carbocycles. The van der Waals surface area contributed by atoms with Gasteiger partial charge in [-0.25, -0.2) is 0 Å². The zero-order valence-electron chi connectivity index (χ0n) is 11.5. The van der Waals surface area contributed by atoms with E-state index in [1.807, 2.05) is 0 Å². The smallest absolute Gasteiger partial charge is 0.00204 e. The Balaban J connectivity index is 3.97. The normalized spacial score (nSPS) is 13.8. The van der Waals surface area contributed by atoms with Crippen molar-refractivity contribution in [2.45, 2.75) is 60.3 Å². The summed E-state index contributed by atoms with van der Waals surface area (Å²) in [6.45, 7) is 13.9. The summed E-state index contributed by atoms with van der Waals surface area (Å²) in [5.74, 6) is 2.66. The van der Waals surface area contributed by atoms with Gasteiger partial charge in [-0.2, -0.15) is 0 Å². The topological polar surface area (TPSA) is 12.0 Å². The average Bonchev–Trinajstić information content (AvgIpc) is 2.21. The van der Waals surface area contributed by atoms with E-state index in [1.165, 1.54) is 32.2 Å². The summed E-state index contributed by atoms with van der Waals surface area (Å²) in [5.41, 5.74) is 0. The maximum atomic E-state index is 3.51. The van der Waals surface area contributed by atoms with Crippen LogP contribution in [0.4, 0.5) is 0 Å². The predicted octanol–water partition coefficient (Wildman–Crippen LogP) is 4.08. The first-order valence-corrected chi connectivity index (χ1v) is 6.84. The van der Waals surface area contributed by atoms with Crippen LogP contribution in [-0.2, 0) is 0 Å². The lowest BCUT2D eigenvalue weighted by Crippen LogP contribution is -2.25. The Morgan fingerprint density at radius 2 is 1.47 bits per heavy atom. The standard InChI is InChI=1S/C14H31N/c1-6-13(7-2)10-14(9-12(4)5)11-15-8-3/h12-15H,6-11H2,1-5H3. The van der Waals surface area contributed by atoms with E-state index in [1.54, 1.807) is 0 Å². The fraction of sp³-hybridized carbons (Fsp3) is 1.00. The van der Waals surface area contributed by atoms with E-state index >= 15 is 0 Å². The fourth-order valence-corrected chi connectivity index (χ4v) is 2.37. The highest BCUT2D eigenvalue weighted by atomic mass is 14.8. The van der Waals surface area contributed by atoms with E-state index in [-0.39, 0.29) is 0 Å². The second-order valence-electron chi connectivity index (χ2n) is 5.22. The van der Waals surface area contributed by atoms with E-state index < -0.39 is 0 Å². The van der Waals surface area contributed by atoms with Crippen molar-refractivity contribution >= 4 is 0 Å². The van der Waals surface area contributed by atoms with Crippen LogP contribution in [0.15, 0.2) is 0 Å². The first-order valence-electron chi connectivity index (χ1n) is 6.84. The van der Waals surface area contributed by atoms with Gasteiger partial charge in [0.15, 0.2) is 0 Å². The molecule has 0 radical (unpaired) electrons. The third-order valence-corrected chi connectivity index (χ3v) is 3.31. The van der Waals surface area contributed by atoms with Gasteiger partial charge in [-0.15, -0.1) is 0 Å². The van der Waals surface area contributed by atoms with Crippen molar-refractivity contribution in [3.8, 4) is 0 Å². The van der Waals surface area contributed by atoms with Gasteiger partial charge < -0.3 is 5.32 Å². The van der Waals surface area contributed by atoms with E-state index in [0.717, 1.165) is 24.3 Å². The Kier molecular flexibility index (Phi) is 9.18. The maximum absolute atomic E-state index is 3.51. The molecule has 15 heavy (non-hydrogen) atoms. The van der Waals surface area contributed by atoms with Crippen molar-refractivity contribution in [2.24, 2.45) is 17.8 Å². The molecule has 1 atom stereocenters. The van der Waals surface area contributed by atoms with Gasteiger partial charge in [-0.3, -0.25) is 0 Å². The molecule has 0 aromatic carbocycles. The molecule has 0 aliphatic rings. The summed E-state index contributed by atoms with van der Waals surface area (Å²) < 4.78 is 0. The third kappa shape index (κ3) is 7.84. The number of nitrogens with one attached hydrogen (secondary N) is 1. The highest BCUT2D eigenvalue weighted by Gasteiger charge is 2.15. The number of hydrogen-bond acceptors (Lipinski definition) is 1. The van der Waals surface area contributed by atoms with Crippen molar-refractivity contribution in [1.82, 2.24) is 5.32 Å². The second-order valence-corrected chi connectivity index (χ2v) is 5.22. The summed E-state index contributed by atoms with van der Waals surface area (Å²) >= 11 is 0. The molecule has 0 aliphatic carbocycles. The van der Waals surface area contributed by atoms with Crippen LogP contribution in [0.5, 0.6) is 0 Å². The van der Waals surface area contributed by atoms with Crippen molar-refractivity contribution < 1.29 is 0 Å². The number of rotatable bonds is 9. The van der Waals surface area contributed by atoms with Crippen LogP contribution in [-0.4, -0.2) is 13.1 Å². The predicted molar refractivity (Wildman–Crippen MR) is 70.2 cm³/mol. The molecule has 92 valence electrons. The van der Waals surface area contributed by atoms with Gasteiger partial charge >= 0.3 is 0 Å². The summed E-state index contributed by atoms with van der Waals surface area (Å²) in [5, 5.41) is 3.51. The lowest BCUT2D eigenvalue weighted by Gasteiger charge is -2.23. The lowest BCUT2D eigenvalue weighted by molar-refractivity contribution is 0.300. The molecule has 0 saturated heterocycles. The minimum atomic E-state index is 0.836. The van der Waals surface area contributed by atoms with E-state index in [2.05, 4.69) is 39.9 Å². The van der Waals surface area contributed by atoms with Crippen LogP contribution in [0.1, 0.15) is 60.3 Å². The van der Waals surface area contributed by atoms with Gasteiger partial charge in [0, 0.05) is 0 Å². The largest absolute Gasteiger partial charge is 0.317 e. The first kappa shape index (κ1) is 15.0. The molecule has 1 N–H and O–H groups in total. The Labute approximate surface area is 97.0 Å². The molecule has 1 heteroatoms. The van der Waals surface area contributed by atoms with Gasteiger partial charge in [-0.05, 0) is 43.7 Å². The molecular formula is C14H31N. The Morgan fingerprint density at radius 3 is 1.87 bits per heavy atom. The molecule has 0 amide bonds. The summed E-state index contributed by atoms with van der Waals surface area (Å²) in [6.07, 6.45) is 5.48. The summed E-state index contributed by atoms with van der Waals surface area (Å²) in [6, 6.07) is 0. The molecule has 0 heterocycles. The Morgan fingerprint density at radius 1 is 0.867 bits per heavy atom. The van der Waals surface area contributed by atoms with Gasteiger partial charge in [0.05, 0.1) is 0 Å². The SMILES string of the molecule is CCNCC(CC(C)C)CC(CC)CC. The zero-order valence-corrected chi connectivity index (χ0v) is 11.5. The maximum Gasteiger partial charge on any atom is -0.00204 e. The molecule has 1 nitrogen and oxygen atoms in total. The minimum absolute atomic E-state index is 0.836. The third-order valence-electron chi connectivity index (χ3n) is 3.31. The van der Waals surface area contributed by atoms with Crippen molar-refractivity contribution in [3.63, 3.8) is 0 Å².